The Morgan fingerprint density at radius 2 is 1.92 bits per heavy atom. The van der Waals surface area contributed by atoms with Crippen LogP contribution < -0.4 is 14.8 Å². The number of rotatable bonds is 6. The number of allylic oxidation sites excluding steroid dienone is 2. The number of carbonyl (C=O) groups excluding carboxylic acids is 1. The van der Waals surface area contributed by atoms with Gasteiger partial charge in [0.15, 0.2) is 0 Å². The molecule has 0 radical (unpaired) electrons. The van der Waals surface area contributed by atoms with E-state index in [-0.39, 0.29) is 17.9 Å². The largest absolute Gasteiger partial charge is 0.497 e. The fourth-order valence-corrected chi connectivity index (χ4v) is 3.66. The monoisotopic (exact) mass is 344 g/mol. The zero-order valence-corrected chi connectivity index (χ0v) is 15.2. The van der Waals surface area contributed by atoms with Crippen LogP contribution >= 0.6 is 0 Å². The van der Waals surface area contributed by atoms with Crippen LogP contribution in [0, 0.1) is 5.92 Å². The average molecular weight is 344 g/mol. The van der Waals surface area contributed by atoms with E-state index in [1.54, 1.807) is 14.2 Å². The molecule has 1 aliphatic heterocycles. The number of hydrogen-bond donors (Lipinski definition) is 1. The highest BCUT2D eigenvalue weighted by Crippen LogP contribution is 2.25. The van der Waals surface area contributed by atoms with Gasteiger partial charge in [-0.15, -0.1) is 0 Å². The zero-order chi connectivity index (χ0) is 17.6. The molecular weight excluding hydrogens is 316 g/mol. The first kappa shape index (κ1) is 17.8. The molecule has 5 nitrogen and oxygen atoms in total. The summed E-state index contributed by atoms with van der Waals surface area (Å²) in [6, 6.07) is 6.23. The number of nitrogens with one attached hydrogen (secondary N) is 1. The minimum atomic E-state index is 0.154. The van der Waals surface area contributed by atoms with Gasteiger partial charge < -0.3 is 14.8 Å². The van der Waals surface area contributed by atoms with Crippen LogP contribution in [0.3, 0.4) is 0 Å². The Bertz CT molecular complexity index is 607. The molecule has 136 valence electrons. The number of hydrogen-bond acceptors (Lipinski definition) is 4. The Morgan fingerprint density at radius 1 is 1.16 bits per heavy atom. The summed E-state index contributed by atoms with van der Waals surface area (Å²) in [7, 11) is 3.33. The van der Waals surface area contributed by atoms with Crippen LogP contribution in [0.15, 0.2) is 30.4 Å². The van der Waals surface area contributed by atoms with Gasteiger partial charge in [0.05, 0.1) is 14.2 Å². The Hall–Kier alpha value is -2.01. The van der Waals surface area contributed by atoms with Crippen LogP contribution in [0.5, 0.6) is 11.5 Å². The van der Waals surface area contributed by atoms with E-state index in [0.29, 0.717) is 0 Å². The van der Waals surface area contributed by atoms with Crippen molar-refractivity contribution in [2.24, 2.45) is 5.92 Å². The summed E-state index contributed by atoms with van der Waals surface area (Å²) in [4.78, 5) is 14.8. The number of carbonyl (C=O) groups is 1. The van der Waals surface area contributed by atoms with Crippen molar-refractivity contribution >= 4 is 5.91 Å². The zero-order valence-electron chi connectivity index (χ0n) is 15.2. The quantitative estimate of drug-likeness (QED) is 0.806. The molecule has 1 aliphatic carbocycles. The maximum atomic E-state index is 12.4. The molecule has 1 N–H and O–H groups in total. The van der Waals surface area contributed by atoms with Crippen molar-refractivity contribution in [2.75, 3.05) is 27.3 Å². The Morgan fingerprint density at radius 3 is 2.56 bits per heavy atom. The molecule has 3 rings (SSSR count). The van der Waals surface area contributed by atoms with E-state index in [9.17, 15) is 4.79 Å². The number of ether oxygens (including phenoxy) is 2. The molecule has 1 saturated heterocycles. The molecule has 25 heavy (non-hydrogen) atoms. The van der Waals surface area contributed by atoms with Crippen LogP contribution in [-0.4, -0.2) is 44.2 Å². The summed E-state index contributed by atoms with van der Waals surface area (Å²) < 4.78 is 10.7. The van der Waals surface area contributed by atoms with Crippen molar-refractivity contribution in [1.29, 1.82) is 0 Å². The first-order valence-corrected chi connectivity index (χ1v) is 9.07. The molecule has 1 fully saturated rings. The molecule has 1 amide bonds. The minimum Gasteiger partial charge on any atom is -0.497 e. The van der Waals surface area contributed by atoms with E-state index >= 15 is 0 Å². The number of methoxy groups -OCH3 is 2. The summed E-state index contributed by atoms with van der Waals surface area (Å²) in [5.41, 5.74) is 1.17. The molecule has 2 atom stereocenters. The van der Waals surface area contributed by atoms with Gasteiger partial charge >= 0.3 is 0 Å². The predicted molar refractivity (Wildman–Crippen MR) is 97.9 cm³/mol. The van der Waals surface area contributed by atoms with Gasteiger partial charge in [0.2, 0.25) is 5.91 Å². The first-order chi connectivity index (χ1) is 12.2. The second-order valence-corrected chi connectivity index (χ2v) is 6.93. The van der Waals surface area contributed by atoms with Crippen molar-refractivity contribution < 1.29 is 14.3 Å². The van der Waals surface area contributed by atoms with Crippen molar-refractivity contribution in [2.45, 2.75) is 38.3 Å². The normalized spacial score (nSPS) is 23.4. The molecule has 0 bridgehead atoms. The van der Waals surface area contributed by atoms with Crippen LogP contribution in [0.2, 0.25) is 0 Å². The fraction of sp³-hybridized carbons (Fsp3) is 0.550. The van der Waals surface area contributed by atoms with Crippen LogP contribution in [0.1, 0.15) is 31.2 Å². The topological polar surface area (TPSA) is 50.8 Å². The van der Waals surface area contributed by atoms with Crippen molar-refractivity contribution in [3.05, 3.63) is 35.9 Å². The smallest absolute Gasteiger partial charge is 0.223 e. The van der Waals surface area contributed by atoms with E-state index in [0.717, 1.165) is 56.8 Å². The van der Waals surface area contributed by atoms with Gasteiger partial charge in [-0.3, -0.25) is 9.69 Å². The van der Waals surface area contributed by atoms with Crippen molar-refractivity contribution in [3.63, 3.8) is 0 Å². The van der Waals surface area contributed by atoms with Gasteiger partial charge in [0.25, 0.3) is 0 Å². The number of amides is 1. The SMILES string of the molecule is COc1cc(CN2CC[C@@H](NC(=O)[C@@H]3CC=CCC3)C2)cc(OC)c1. The van der Waals surface area contributed by atoms with Crippen molar-refractivity contribution in [1.82, 2.24) is 10.2 Å². The van der Waals surface area contributed by atoms with Crippen LogP contribution in [0.25, 0.3) is 0 Å². The second-order valence-electron chi connectivity index (χ2n) is 6.93. The molecule has 5 heteroatoms. The van der Waals surface area contributed by atoms with Crippen LogP contribution in [-0.2, 0) is 11.3 Å². The maximum absolute atomic E-state index is 12.4. The molecule has 0 aromatic heterocycles. The van der Waals surface area contributed by atoms with Gasteiger partial charge in [-0.2, -0.15) is 0 Å². The molecular formula is C20H28N2O3. The minimum absolute atomic E-state index is 0.154. The average Bonchev–Trinajstić information content (AvgIpc) is 3.08. The van der Waals surface area contributed by atoms with E-state index < -0.39 is 0 Å². The van der Waals surface area contributed by atoms with Gasteiger partial charge in [-0.1, -0.05) is 12.2 Å². The molecule has 0 spiro atoms. The molecule has 1 aromatic rings. The lowest BCUT2D eigenvalue weighted by atomic mass is 9.93. The standard InChI is InChI=1S/C20H28N2O3/c1-24-18-10-15(11-19(12-18)25-2)13-22-9-8-17(14-22)21-20(23)16-6-4-3-5-7-16/h3-4,10-12,16-17H,5-9,13-14H2,1-2H3,(H,21,23)/t16-,17-/m1/s1. The van der Waals surface area contributed by atoms with Crippen molar-refractivity contribution in [3.8, 4) is 11.5 Å². The third kappa shape index (κ3) is 4.75. The fourth-order valence-electron chi connectivity index (χ4n) is 3.66. The number of likely N-dealkylation sites (tertiary alicyclic amines) is 1. The Kier molecular flexibility index (Phi) is 5.97. The lowest BCUT2D eigenvalue weighted by molar-refractivity contribution is -0.125. The number of benzene rings is 1. The summed E-state index contributed by atoms with van der Waals surface area (Å²) in [6.07, 6.45) is 8.19. The lowest BCUT2D eigenvalue weighted by Gasteiger charge is -2.21. The summed E-state index contributed by atoms with van der Waals surface area (Å²) >= 11 is 0. The third-order valence-electron chi connectivity index (χ3n) is 5.08. The van der Waals surface area contributed by atoms with Gasteiger partial charge in [-0.25, -0.2) is 0 Å². The molecule has 1 aromatic carbocycles. The van der Waals surface area contributed by atoms with Gasteiger partial charge in [-0.05, 0) is 43.4 Å². The lowest BCUT2D eigenvalue weighted by Crippen LogP contribution is -2.40. The predicted octanol–water partition coefficient (Wildman–Crippen LogP) is 2.75. The summed E-state index contributed by atoms with van der Waals surface area (Å²) in [5, 5.41) is 3.25. The van der Waals surface area contributed by atoms with Gasteiger partial charge in [0, 0.05) is 37.7 Å². The Labute approximate surface area is 150 Å². The highest BCUT2D eigenvalue weighted by Gasteiger charge is 2.27. The number of nitrogens with zero attached hydrogens (tertiary/aromatic N) is 1. The maximum Gasteiger partial charge on any atom is 0.223 e. The van der Waals surface area contributed by atoms with E-state index in [4.69, 9.17) is 9.47 Å². The van der Waals surface area contributed by atoms with Gasteiger partial charge in [0.1, 0.15) is 11.5 Å². The summed E-state index contributed by atoms with van der Waals surface area (Å²) in [6.45, 7) is 2.73. The molecule has 1 heterocycles. The second kappa shape index (κ2) is 8.39. The van der Waals surface area contributed by atoms with E-state index in [2.05, 4.69) is 22.4 Å². The summed E-state index contributed by atoms with van der Waals surface area (Å²) in [5.74, 6) is 1.99. The molecule has 0 unspecified atom stereocenters. The highest BCUT2D eigenvalue weighted by atomic mass is 16.5. The Balaban J connectivity index is 1.52. The first-order valence-electron chi connectivity index (χ1n) is 9.07. The molecule has 0 saturated carbocycles. The van der Waals surface area contributed by atoms with Crippen LogP contribution in [0.4, 0.5) is 0 Å². The van der Waals surface area contributed by atoms with E-state index in [1.807, 2.05) is 18.2 Å². The van der Waals surface area contributed by atoms with E-state index in [1.165, 1.54) is 5.56 Å². The highest BCUT2D eigenvalue weighted by molar-refractivity contribution is 5.79. The third-order valence-corrected chi connectivity index (χ3v) is 5.08. The molecule has 2 aliphatic rings.